The van der Waals surface area contributed by atoms with E-state index in [1.807, 2.05) is 0 Å². The molecule has 4 N–H and O–H groups in total. The van der Waals surface area contributed by atoms with Gasteiger partial charge in [-0.3, -0.25) is 0 Å². The van der Waals surface area contributed by atoms with Crippen LogP contribution < -0.4 is 10.5 Å². The van der Waals surface area contributed by atoms with Gasteiger partial charge in [-0.05, 0) is 19.8 Å². The molecular weight excluding hydrogens is 286 g/mol. The van der Waals surface area contributed by atoms with Gasteiger partial charge >= 0.3 is 0 Å². The number of thiazole rings is 1. The number of aliphatic hydroxyl groups excluding tert-OH is 1. The summed E-state index contributed by atoms with van der Waals surface area (Å²) in [6.45, 7) is 1.62. The SMILES string of the molecule is Cc1nc(N)sc1S(=O)(=O)NC1CCCCCC1O. The Morgan fingerprint density at radius 1 is 1.37 bits per heavy atom. The van der Waals surface area contributed by atoms with Crippen LogP contribution in [0.25, 0.3) is 0 Å². The van der Waals surface area contributed by atoms with Gasteiger partial charge in [0.05, 0.1) is 11.8 Å². The second-order valence-electron chi connectivity index (χ2n) is 4.86. The molecule has 0 aromatic carbocycles. The zero-order valence-electron chi connectivity index (χ0n) is 10.8. The summed E-state index contributed by atoms with van der Waals surface area (Å²) in [5.41, 5.74) is 5.93. The molecule has 1 heterocycles. The fourth-order valence-corrected chi connectivity index (χ4v) is 4.95. The number of rotatable bonds is 3. The Kier molecular flexibility index (Phi) is 4.44. The topological polar surface area (TPSA) is 105 Å². The maximum absolute atomic E-state index is 12.3. The van der Waals surface area contributed by atoms with E-state index in [9.17, 15) is 13.5 Å². The number of aryl methyl sites for hydroxylation is 1. The Balaban J connectivity index is 2.18. The third kappa shape index (κ3) is 3.44. The Hall–Kier alpha value is -0.700. The van der Waals surface area contributed by atoms with Crippen molar-refractivity contribution in [2.24, 2.45) is 0 Å². The first-order chi connectivity index (χ1) is 8.90. The molecule has 1 aromatic rings. The average molecular weight is 305 g/mol. The van der Waals surface area contributed by atoms with Crippen LogP contribution in [0.15, 0.2) is 4.21 Å². The van der Waals surface area contributed by atoms with Crippen molar-refractivity contribution in [3.8, 4) is 0 Å². The molecule has 1 saturated carbocycles. The molecule has 2 atom stereocenters. The van der Waals surface area contributed by atoms with Crippen LogP contribution in [-0.2, 0) is 10.0 Å². The highest BCUT2D eigenvalue weighted by molar-refractivity contribution is 7.91. The molecule has 0 spiro atoms. The van der Waals surface area contributed by atoms with Crippen molar-refractivity contribution in [2.75, 3.05) is 5.73 Å². The zero-order valence-corrected chi connectivity index (χ0v) is 12.4. The normalized spacial score (nSPS) is 25.2. The van der Waals surface area contributed by atoms with E-state index in [4.69, 9.17) is 5.73 Å². The van der Waals surface area contributed by atoms with Gasteiger partial charge in [-0.25, -0.2) is 18.1 Å². The number of aromatic nitrogens is 1. The Labute approximate surface area is 117 Å². The molecule has 0 aliphatic heterocycles. The van der Waals surface area contributed by atoms with E-state index in [0.29, 0.717) is 18.5 Å². The second-order valence-corrected chi connectivity index (χ2v) is 7.80. The molecule has 8 heteroatoms. The molecule has 108 valence electrons. The number of sulfonamides is 1. The van der Waals surface area contributed by atoms with Crippen LogP contribution in [0.4, 0.5) is 5.13 Å². The Morgan fingerprint density at radius 3 is 2.68 bits per heavy atom. The van der Waals surface area contributed by atoms with Gasteiger partial charge < -0.3 is 10.8 Å². The predicted molar refractivity (Wildman–Crippen MR) is 74.5 cm³/mol. The van der Waals surface area contributed by atoms with Crippen molar-refractivity contribution in [3.05, 3.63) is 5.69 Å². The minimum atomic E-state index is -3.65. The van der Waals surface area contributed by atoms with Gasteiger partial charge in [-0.15, -0.1) is 0 Å². The molecule has 19 heavy (non-hydrogen) atoms. The number of nitrogens with one attached hydrogen (secondary N) is 1. The minimum Gasteiger partial charge on any atom is -0.391 e. The molecule has 1 aliphatic carbocycles. The quantitative estimate of drug-likeness (QED) is 0.723. The summed E-state index contributed by atoms with van der Waals surface area (Å²) in [5.74, 6) is 0. The van der Waals surface area contributed by atoms with E-state index in [2.05, 4.69) is 9.71 Å². The summed E-state index contributed by atoms with van der Waals surface area (Å²) >= 11 is 0.951. The third-order valence-electron chi connectivity index (χ3n) is 3.30. The van der Waals surface area contributed by atoms with Crippen molar-refractivity contribution in [1.82, 2.24) is 9.71 Å². The zero-order chi connectivity index (χ0) is 14.0. The summed E-state index contributed by atoms with van der Waals surface area (Å²) in [6, 6.07) is -0.421. The Morgan fingerprint density at radius 2 is 2.05 bits per heavy atom. The molecule has 0 saturated heterocycles. The van der Waals surface area contributed by atoms with E-state index in [1.165, 1.54) is 0 Å². The number of hydrogen-bond acceptors (Lipinski definition) is 6. The van der Waals surface area contributed by atoms with E-state index in [1.54, 1.807) is 6.92 Å². The largest absolute Gasteiger partial charge is 0.391 e. The molecule has 1 fully saturated rings. The predicted octanol–water partition coefficient (Wildman–Crippen LogP) is 1.01. The van der Waals surface area contributed by atoms with E-state index < -0.39 is 22.2 Å². The highest BCUT2D eigenvalue weighted by Crippen LogP contribution is 2.26. The lowest BCUT2D eigenvalue weighted by atomic mass is 10.1. The molecule has 0 radical (unpaired) electrons. The minimum absolute atomic E-state index is 0.140. The second kappa shape index (κ2) is 5.74. The van der Waals surface area contributed by atoms with Gasteiger partial charge in [-0.2, -0.15) is 0 Å². The molecule has 6 nitrogen and oxygen atoms in total. The number of hydrogen-bond donors (Lipinski definition) is 3. The van der Waals surface area contributed by atoms with Crippen LogP contribution in [0.2, 0.25) is 0 Å². The summed E-state index contributed by atoms with van der Waals surface area (Å²) in [7, 11) is -3.65. The first-order valence-electron chi connectivity index (χ1n) is 6.33. The molecule has 0 amide bonds. The monoisotopic (exact) mass is 305 g/mol. The van der Waals surface area contributed by atoms with E-state index in [-0.39, 0.29) is 9.34 Å². The van der Waals surface area contributed by atoms with Crippen LogP contribution in [-0.4, -0.2) is 30.7 Å². The van der Waals surface area contributed by atoms with Crippen LogP contribution in [0, 0.1) is 6.92 Å². The number of anilines is 1. The molecular formula is C11H19N3O3S2. The highest BCUT2D eigenvalue weighted by Gasteiger charge is 2.29. The molecule has 1 aromatic heterocycles. The summed E-state index contributed by atoms with van der Waals surface area (Å²) < 4.78 is 27.3. The molecule has 1 aliphatic rings. The van der Waals surface area contributed by atoms with Crippen molar-refractivity contribution >= 4 is 26.5 Å². The van der Waals surface area contributed by atoms with Crippen molar-refractivity contribution in [2.45, 2.75) is 55.4 Å². The smallest absolute Gasteiger partial charge is 0.252 e. The summed E-state index contributed by atoms with van der Waals surface area (Å²) in [6.07, 6.45) is 3.56. The first-order valence-corrected chi connectivity index (χ1v) is 8.63. The lowest BCUT2D eigenvalue weighted by Crippen LogP contribution is -2.42. The average Bonchev–Trinajstić information content (AvgIpc) is 2.54. The fraction of sp³-hybridized carbons (Fsp3) is 0.727. The van der Waals surface area contributed by atoms with Crippen LogP contribution in [0.1, 0.15) is 37.8 Å². The number of nitrogens with zero attached hydrogens (tertiary/aromatic N) is 1. The molecule has 2 unspecified atom stereocenters. The van der Waals surface area contributed by atoms with E-state index >= 15 is 0 Å². The summed E-state index contributed by atoms with van der Waals surface area (Å²) in [4.78, 5) is 3.92. The fourth-order valence-electron chi connectivity index (χ4n) is 2.33. The van der Waals surface area contributed by atoms with Crippen LogP contribution in [0.5, 0.6) is 0 Å². The standard InChI is InChI=1S/C11H19N3O3S2/c1-7-10(18-11(12)13-7)19(16,17)14-8-5-3-2-4-6-9(8)15/h8-9,14-15H,2-6H2,1H3,(H2,12,13). The van der Waals surface area contributed by atoms with Gasteiger partial charge in [0.1, 0.15) is 0 Å². The van der Waals surface area contributed by atoms with Crippen molar-refractivity contribution < 1.29 is 13.5 Å². The van der Waals surface area contributed by atoms with E-state index in [0.717, 1.165) is 30.6 Å². The van der Waals surface area contributed by atoms with Gasteiger partial charge in [0.15, 0.2) is 9.34 Å². The number of aliphatic hydroxyl groups is 1. The van der Waals surface area contributed by atoms with Crippen LogP contribution in [0.3, 0.4) is 0 Å². The van der Waals surface area contributed by atoms with Crippen LogP contribution >= 0.6 is 11.3 Å². The lowest BCUT2D eigenvalue weighted by molar-refractivity contribution is 0.130. The Bertz CT molecular complexity index is 541. The molecule has 2 rings (SSSR count). The maximum atomic E-state index is 12.3. The highest BCUT2D eigenvalue weighted by atomic mass is 32.2. The van der Waals surface area contributed by atoms with Gasteiger partial charge in [0.25, 0.3) is 10.0 Å². The van der Waals surface area contributed by atoms with Gasteiger partial charge in [0, 0.05) is 6.04 Å². The van der Waals surface area contributed by atoms with Crippen molar-refractivity contribution in [1.29, 1.82) is 0 Å². The first kappa shape index (κ1) is 14.7. The van der Waals surface area contributed by atoms with Gasteiger partial charge in [-0.1, -0.05) is 30.6 Å². The third-order valence-corrected chi connectivity index (χ3v) is 6.39. The van der Waals surface area contributed by atoms with Gasteiger partial charge in [0.2, 0.25) is 0 Å². The lowest BCUT2D eigenvalue weighted by Gasteiger charge is -2.21. The summed E-state index contributed by atoms with van der Waals surface area (Å²) in [5, 5.41) is 10.2. The molecule has 0 bridgehead atoms. The number of nitrogens with two attached hydrogens (primary N) is 1. The number of nitrogen functional groups attached to an aromatic ring is 1. The van der Waals surface area contributed by atoms with Crippen molar-refractivity contribution in [3.63, 3.8) is 0 Å². The maximum Gasteiger partial charge on any atom is 0.252 e.